The van der Waals surface area contributed by atoms with Gasteiger partial charge in [-0.15, -0.1) is 0 Å². The molecule has 0 aromatic rings. The van der Waals surface area contributed by atoms with E-state index in [2.05, 4.69) is 11.6 Å². The lowest BCUT2D eigenvalue weighted by molar-refractivity contribution is -0.102. The van der Waals surface area contributed by atoms with Gasteiger partial charge in [0.1, 0.15) is 5.71 Å². The molecule has 0 unspecified atom stereocenters. The minimum absolute atomic E-state index is 0.0625. The van der Waals surface area contributed by atoms with Crippen LogP contribution in [0.5, 0.6) is 0 Å². The highest BCUT2D eigenvalue weighted by Gasteiger charge is 1.83. The van der Waals surface area contributed by atoms with Gasteiger partial charge in [0.15, 0.2) is 6.29 Å². The molecule has 0 saturated carbocycles. The number of hydrogen-bond donors (Lipinski definition) is 0. The summed E-state index contributed by atoms with van der Waals surface area (Å²) < 4.78 is 0. The second kappa shape index (κ2) is 3.75. The third kappa shape index (κ3) is 1.88. The molecular formula is C5H4N2O. The molecule has 0 aliphatic heterocycles. The quantitative estimate of drug-likeness (QED) is 0.290. The van der Waals surface area contributed by atoms with Gasteiger partial charge in [-0.1, -0.05) is 6.58 Å². The summed E-state index contributed by atoms with van der Waals surface area (Å²) in [5.41, 5.74) is 0.0625. The highest BCUT2D eigenvalue weighted by atomic mass is 16.1. The Morgan fingerprint density at radius 2 is 2.50 bits per heavy atom. The Balaban J connectivity index is 4.12. The molecule has 0 rings (SSSR count). The topological polar surface area (TPSA) is 53.2 Å². The van der Waals surface area contributed by atoms with E-state index in [4.69, 9.17) is 5.26 Å². The van der Waals surface area contributed by atoms with Crippen LogP contribution >= 0.6 is 0 Å². The summed E-state index contributed by atoms with van der Waals surface area (Å²) in [6.45, 7) is 3.24. The molecule has 3 heteroatoms. The Bertz CT molecular complexity index is 154. The van der Waals surface area contributed by atoms with Crippen molar-refractivity contribution in [2.24, 2.45) is 4.99 Å². The summed E-state index contributed by atoms with van der Waals surface area (Å²) in [6.07, 6.45) is 3.14. The van der Waals surface area contributed by atoms with Crippen molar-refractivity contribution in [3.8, 4) is 6.19 Å². The summed E-state index contributed by atoms with van der Waals surface area (Å²) in [5, 5.41) is 7.85. The molecular weight excluding hydrogens is 104 g/mol. The third-order valence-corrected chi connectivity index (χ3v) is 0.509. The Labute approximate surface area is 47.0 Å². The second-order valence-corrected chi connectivity index (χ2v) is 0.959. The lowest BCUT2D eigenvalue weighted by atomic mass is 10.4. The van der Waals surface area contributed by atoms with E-state index < -0.39 is 0 Å². The minimum Gasteiger partial charge on any atom is -0.296 e. The van der Waals surface area contributed by atoms with Gasteiger partial charge in [0.25, 0.3) is 0 Å². The van der Waals surface area contributed by atoms with Gasteiger partial charge in [-0.2, -0.15) is 10.3 Å². The minimum atomic E-state index is 0.0625. The van der Waals surface area contributed by atoms with E-state index in [1.807, 2.05) is 0 Å². The van der Waals surface area contributed by atoms with Gasteiger partial charge in [-0.3, -0.25) is 4.79 Å². The van der Waals surface area contributed by atoms with E-state index in [0.29, 0.717) is 6.29 Å². The van der Waals surface area contributed by atoms with E-state index in [-0.39, 0.29) is 5.71 Å². The molecule has 40 valence electrons. The van der Waals surface area contributed by atoms with Gasteiger partial charge in [0.2, 0.25) is 6.19 Å². The summed E-state index contributed by atoms with van der Waals surface area (Å²) in [4.78, 5) is 12.9. The van der Waals surface area contributed by atoms with Crippen LogP contribution in [0.3, 0.4) is 0 Å². The standard InChI is InChI=1S/C5H4N2O/c1-2-5(3-8)7-4-6/h2-3H,1H2. The highest BCUT2D eigenvalue weighted by molar-refractivity contribution is 6.33. The largest absolute Gasteiger partial charge is 0.296 e. The molecule has 0 radical (unpaired) electrons. The first kappa shape index (κ1) is 6.57. The van der Waals surface area contributed by atoms with E-state index in [0.717, 1.165) is 0 Å². The van der Waals surface area contributed by atoms with Gasteiger partial charge >= 0.3 is 0 Å². The van der Waals surface area contributed by atoms with Crippen LogP contribution in [0.4, 0.5) is 0 Å². The van der Waals surface area contributed by atoms with Gasteiger partial charge in [0, 0.05) is 0 Å². The monoisotopic (exact) mass is 108 g/mol. The van der Waals surface area contributed by atoms with Crippen molar-refractivity contribution in [1.29, 1.82) is 5.26 Å². The average molecular weight is 108 g/mol. The zero-order valence-electron chi connectivity index (χ0n) is 4.16. The maximum absolute atomic E-state index is 9.77. The molecule has 8 heavy (non-hydrogen) atoms. The molecule has 0 aromatic heterocycles. The van der Waals surface area contributed by atoms with E-state index in [1.54, 1.807) is 0 Å². The number of rotatable bonds is 2. The number of hydrogen-bond acceptors (Lipinski definition) is 3. The van der Waals surface area contributed by atoms with Crippen LogP contribution in [0.15, 0.2) is 17.6 Å². The van der Waals surface area contributed by atoms with Gasteiger partial charge in [0.05, 0.1) is 0 Å². The second-order valence-electron chi connectivity index (χ2n) is 0.959. The molecule has 0 aliphatic carbocycles. The number of allylic oxidation sites excluding steroid dienone is 1. The fourth-order valence-electron chi connectivity index (χ4n) is 0.178. The molecule has 0 N–H and O–H groups in total. The first-order valence-corrected chi connectivity index (χ1v) is 1.89. The van der Waals surface area contributed by atoms with E-state index in [1.165, 1.54) is 12.3 Å². The zero-order chi connectivity index (χ0) is 6.41. The Kier molecular flexibility index (Phi) is 3.08. The smallest absolute Gasteiger partial charge is 0.206 e. The lowest BCUT2D eigenvalue weighted by Crippen LogP contribution is -1.90. The van der Waals surface area contributed by atoms with Crippen molar-refractivity contribution >= 4 is 12.0 Å². The lowest BCUT2D eigenvalue weighted by Gasteiger charge is -1.74. The van der Waals surface area contributed by atoms with Crippen LogP contribution in [0.2, 0.25) is 0 Å². The summed E-state index contributed by atoms with van der Waals surface area (Å²) in [7, 11) is 0. The number of carbonyl (C=O) groups excluding carboxylic acids is 1. The van der Waals surface area contributed by atoms with Crippen molar-refractivity contribution in [3.63, 3.8) is 0 Å². The average Bonchev–Trinajstić information content (AvgIpc) is 1.83. The number of aliphatic imine (C=N–C) groups is 1. The zero-order valence-corrected chi connectivity index (χ0v) is 4.16. The molecule has 0 heterocycles. The van der Waals surface area contributed by atoms with Crippen molar-refractivity contribution in [2.45, 2.75) is 0 Å². The fraction of sp³-hybridized carbons (Fsp3) is 0. The first-order valence-electron chi connectivity index (χ1n) is 1.89. The Morgan fingerprint density at radius 3 is 2.62 bits per heavy atom. The van der Waals surface area contributed by atoms with Crippen molar-refractivity contribution in [3.05, 3.63) is 12.7 Å². The molecule has 0 bridgehead atoms. The third-order valence-electron chi connectivity index (χ3n) is 0.509. The van der Waals surface area contributed by atoms with Gasteiger partial charge < -0.3 is 0 Å². The Hall–Kier alpha value is -1.43. The van der Waals surface area contributed by atoms with Crippen LogP contribution in [0.1, 0.15) is 0 Å². The Morgan fingerprint density at radius 1 is 1.88 bits per heavy atom. The molecule has 0 spiro atoms. The highest BCUT2D eigenvalue weighted by Crippen LogP contribution is 1.71. The van der Waals surface area contributed by atoms with Crippen LogP contribution < -0.4 is 0 Å². The number of carbonyl (C=O) groups is 1. The maximum Gasteiger partial charge on any atom is 0.206 e. The molecule has 0 amide bonds. The first-order chi connectivity index (χ1) is 3.85. The van der Waals surface area contributed by atoms with Crippen LogP contribution in [0, 0.1) is 11.5 Å². The predicted octanol–water partition coefficient (Wildman–Crippen LogP) is 0.293. The van der Waals surface area contributed by atoms with E-state index in [9.17, 15) is 4.79 Å². The molecule has 3 nitrogen and oxygen atoms in total. The fourth-order valence-corrected chi connectivity index (χ4v) is 0.178. The van der Waals surface area contributed by atoms with Gasteiger partial charge in [-0.05, 0) is 6.08 Å². The molecule has 0 fully saturated rings. The van der Waals surface area contributed by atoms with Crippen LogP contribution in [-0.2, 0) is 4.79 Å². The number of aldehydes is 1. The SMILES string of the molecule is C=CC(C=O)=NC#N. The summed E-state index contributed by atoms with van der Waals surface area (Å²) in [6, 6.07) is 0. The van der Waals surface area contributed by atoms with Crippen LogP contribution in [0.25, 0.3) is 0 Å². The number of nitriles is 1. The predicted molar refractivity (Wildman–Crippen MR) is 29.3 cm³/mol. The molecule has 0 aliphatic rings. The molecule has 0 atom stereocenters. The normalized spacial score (nSPS) is 9.62. The molecule has 0 saturated heterocycles. The van der Waals surface area contributed by atoms with Crippen molar-refractivity contribution in [1.82, 2.24) is 0 Å². The summed E-state index contributed by atoms with van der Waals surface area (Å²) in [5.74, 6) is 0. The van der Waals surface area contributed by atoms with Crippen molar-refractivity contribution < 1.29 is 4.79 Å². The van der Waals surface area contributed by atoms with Gasteiger partial charge in [-0.25, -0.2) is 0 Å². The number of nitrogens with zero attached hydrogens (tertiary/aromatic N) is 2. The summed E-state index contributed by atoms with van der Waals surface area (Å²) >= 11 is 0. The van der Waals surface area contributed by atoms with Crippen LogP contribution in [-0.4, -0.2) is 12.0 Å². The maximum atomic E-state index is 9.77. The molecule has 0 aromatic carbocycles. The van der Waals surface area contributed by atoms with E-state index >= 15 is 0 Å². The van der Waals surface area contributed by atoms with Crippen molar-refractivity contribution in [2.75, 3.05) is 0 Å².